The summed E-state index contributed by atoms with van der Waals surface area (Å²) in [5.41, 5.74) is 0. The molecule has 1 saturated carbocycles. The van der Waals surface area contributed by atoms with Crippen molar-refractivity contribution < 1.29 is 9.53 Å². The van der Waals surface area contributed by atoms with Gasteiger partial charge in [0.15, 0.2) is 0 Å². The van der Waals surface area contributed by atoms with E-state index >= 15 is 0 Å². The molecular formula is C12H22O2. The fourth-order valence-corrected chi connectivity index (χ4v) is 2.34. The number of rotatable bonds is 5. The maximum Gasteiger partial charge on any atom is 0.133 e. The minimum Gasteiger partial charge on any atom is -0.381 e. The van der Waals surface area contributed by atoms with Crippen molar-refractivity contribution in [2.24, 2.45) is 5.92 Å². The molecule has 0 heterocycles. The van der Waals surface area contributed by atoms with Crippen molar-refractivity contribution in [2.75, 3.05) is 7.11 Å². The van der Waals surface area contributed by atoms with E-state index in [0.717, 1.165) is 25.7 Å². The van der Waals surface area contributed by atoms with Gasteiger partial charge in [-0.2, -0.15) is 0 Å². The summed E-state index contributed by atoms with van der Waals surface area (Å²) in [5, 5.41) is 0. The number of ether oxygens (including phenoxy) is 1. The minimum atomic E-state index is 0.406. The number of Topliss-reactive ketones (excluding diaryl/α,β-unsaturated/α-hetero) is 1. The van der Waals surface area contributed by atoms with Crippen LogP contribution in [0.4, 0.5) is 0 Å². The molecule has 0 aromatic rings. The number of hydrogen-bond donors (Lipinski definition) is 0. The maximum absolute atomic E-state index is 11.5. The van der Waals surface area contributed by atoms with Crippen molar-refractivity contribution in [3.8, 4) is 0 Å². The van der Waals surface area contributed by atoms with Crippen LogP contribution < -0.4 is 0 Å². The lowest BCUT2D eigenvalue weighted by Gasteiger charge is -2.27. The minimum absolute atomic E-state index is 0.406. The Morgan fingerprint density at radius 3 is 2.86 bits per heavy atom. The van der Waals surface area contributed by atoms with Gasteiger partial charge in [0.2, 0.25) is 0 Å². The molecule has 2 nitrogen and oxygen atoms in total. The van der Waals surface area contributed by atoms with E-state index in [4.69, 9.17) is 4.74 Å². The summed E-state index contributed by atoms with van der Waals surface area (Å²) in [4.78, 5) is 11.5. The average Bonchev–Trinajstić information content (AvgIpc) is 2.18. The van der Waals surface area contributed by atoms with Crippen LogP contribution in [-0.2, 0) is 9.53 Å². The lowest BCUT2D eigenvalue weighted by atomic mass is 9.83. The van der Waals surface area contributed by atoms with Crippen molar-refractivity contribution in [1.82, 2.24) is 0 Å². The van der Waals surface area contributed by atoms with Crippen LogP contribution in [0.2, 0.25) is 0 Å². The number of methoxy groups -OCH3 is 1. The van der Waals surface area contributed by atoms with Crippen LogP contribution in [0.25, 0.3) is 0 Å². The lowest BCUT2D eigenvalue weighted by Crippen LogP contribution is -2.23. The number of ketones is 1. The Labute approximate surface area is 87.0 Å². The van der Waals surface area contributed by atoms with Gasteiger partial charge >= 0.3 is 0 Å². The predicted octanol–water partition coefficient (Wildman–Crippen LogP) is 2.95. The summed E-state index contributed by atoms with van der Waals surface area (Å²) >= 11 is 0. The smallest absolute Gasteiger partial charge is 0.133 e. The molecule has 2 unspecified atom stereocenters. The van der Waals surface area contributed by atoms with E-state index in [1.54, 1.807) is 7.11 Å². The SMILES string of the molecule is CCCC(=O)CC1CCCC(OC)C1. The first-order chi connectivity index (χ1) is 6.76. The van der Waals surface area contributed by atoms with Gasteiger partial charge in [0.05, 0.1) is 6.10 Å². The molecule has 0 aromatic heterocycles. The molecule has 2 heteroatoms. The van der Waals surface area contributed by atoms with E-state index in [-0.39, 0.29) is 0 Å². The third-order valence-electron chi connectivity index (χ3n) is 3.11. The van der Waals surface area contributed by atoms with Crippen molar-refractivity contribution in [3.63, 3.8) is 0 Å². The maximum atomic E-state index is 11.5. The van der Waals surface area contributed by atoms with Crippen LogP contribution >= 0.6 is 0 Å². The zero-order chi connectivity index (χ0) is 10.4. The number of carbonyl (C=O) groups is 1. The van der Waals surface area contributed by atoms with E-state index in [1.165, 1.54) is 19.3 Å². The quantitative estimate of drug-likeness (QED) is 0.679. The molecule has 0 saturated heterocycles. The molecule has 82 valence electrons. The third-order valence-corrected chi connectivity index (χ3v) is 3.11. The molecule has 0 bridgehead atoms. The number of hydrogen-bond acceptors (Lipinski definition) is 2. The fraction of sp³-hybridized carbons (Fsp3) is 0.917. The summed E-state index contributed by atoms with van der Waals surface area (Å²) in [6.45, 7) is 2.07. The predicted molar refractivity (Wildman–Crippen MR) is 57.3 cm³/mol. The first-order valence-electron chi connectivity index (χ1n) is 5.80. The van der Waals surface area contributed by atoms with Gasteiger partial charge in [-0.25, -0.2) is 0 Å². The summed E-state index contributed by atoms with van der Waals surface area (Å²) < 4.78 is 5.35. The second-order valence-corrected chi connectivity index (χ2v) is 4.38. The average molecular weight is 198 g/mol. The number of carbonyl (C=O) groups excluding carboxylic acids is 1. The Kier molecular flexibility index (Phi) is 5.16. The monoisotopic (exact) mass is 198 g/mol. The lowest BCUT2D eigenvalue weighted by molar-refractivity contribution is -0.120. The Bertz CT molecular complexity index is 177. The van der Waals surface area contributed by atoms with E-state index in [1.807, 2.05) is 0 Å². The van der Waals surface area contributed by atoms with Crippen molar-refractivity contribution in [2.45, 2.75) is 58.0 Å². The van der Waals surface area contributed by atoms with Gasteiger partial charge in [0.25, 0.3) is 0 Å². The molecule has 1 rings (SSSR count). The second-order valence-electron chi connectivity index (χ2n) is 4.38. The highest BCUT2D eigenvalue weighted by atomic mass is 16.5. The molecule has 1 aliphatic rings. The second kappa shape index (κ2) is 6.18. The molecule has 0 spiro atoms. The van der Waals surface area contributed by atoms with Crippen LogP contribution in [0.3, 0.4) is 0 Å². The standard InChI is InChI=1S/C12H22O2/c1-3-5-11(13)8-10-6-4-7-12(9-10)14-2/h10,12H,3-9H2,1-2H3. The van der Waals surface area contributed by atoms with Crippen LogP contribution in [0.1, 0.15) is 51.9 Å². The summed E-state index contributed by atoms with van der Waals surface area (Å²) in [6, 6.07) is 0. The van der Waals surface area contributed by atoms with Crippen LogP contribution in [0, 0.1) is 5.92 Å². The van der Waals surface area contributed by atoms with Crippen LogP contribution in [0.15, 0.2) is 0 Å². The van der Waals surface area contributed by atoms with E-state index in [0.29, 0.717) is 17.8 Å². The Hall–Kier alpha value is -0.370. The van der Waals surface area contributed by atoms with Gasteiger partial charge in [0, 0.05) is 20.0 Å². The molecule has 0 aliphatic heterocycles. The van der Waals surface area contributed by atoms with Gasteiger partial charge in [-0.3, -0.25) is 4.79 Å². The highest BCUT2D eigenvalue weighted by Gasteiger charge is 2.23. The summed E-state index contributed by atoms with van der Waals surface area (Å²) in [6.07, 6.45) is 7.64. The molecule has 1 aliphatic carbocycles. The molecule has 14 heavy (non-hydrogen) atoms. The molecular weight excluding hydrogens is 176 g/mol. The van der Waals surface area contributed by atoms with Crippen molar-refractivity contribution in [3.05, 3.63) is 0 Å². The summed E-state index contributed by atoms with van der Waals surface area (Å²) in [7, 11) is 1.78. The van der Waals surface area contributed by atoms with Crippen molar-refractivity contribution in [1.29, 1.82) is 0 Å². The van der Waals surface area contributed by atoms with Crippen LogP contribution in [0.5, 0.6) is 0 Å². The Morgan fingerprint density at radius 1 is 1.43 bits per heavy atom. The Balaban J connectivity index is 2.26. The van der Waals surface area contributed by atoms with E-state index < -0.39 is 0 Å². The molecule has 2 atom stereocenters. The van der Waals surface area contributed by atoms with E-state index in [9.17, 15) is 4.79 Å². The first-order valence-corrected chi connectivity index (χ1v) is 5.80. The van der Waals surface area contributed by atoms with Gasteiger partial charge < -0.3 is 4.74 Å². The molecule has 0 N–H and O–H groups in total. The van der Waals surface area contributed by atoms with Gasteiger partial charge in [-0.1, -0.05) is 13.3 Å². The third kappa shape index (κ3) is 3.79. The first kappa shape index (κ1) is 11.7. The zero-order valence-electron chi connectivity index (χ0n) is 9.42. The largest absolute Gasteiger partial charge is 0.381 e. The highest BCUT2D eigenvalue weighted by molar-refractivity contribution is 5.78. The summed E-state index contributed by atoms with van der Waals surface area (Å²) in [5.74, 6) is 1.03. The highest BCUT2D eigenvalue weighted by Crippen LogP contribution is 2.28. The van der Waals surface area contributed by atoms with Crippen LogP contribution in [-0.4, -0.2) is 19.0 Å². The molecule has 0 aromatic carbocycles. The van der Waals surface area contributed by atoms with Crippen molar-refractivity contribution >= 4 is 5.78 Å². The topological polar surface area (TPSA) is 26.3 Å². The molecule has 0 radical (unpaired) electrons. The van der Waals surface area contributed by atoms with Gasteiger partial charge in [0.1, 0.15) is 5.78 Å². The van der Waals surface area contributed by atoms with E-state index in [2.05, 4.69) is 6.92 Å². The zero-order valence-corrected chi connectivity index (χ0v) is 9.42. The normalized spacial score (nSPS) is 27.6. The van der Waals surface area contributed by atoms with Gasteiger partial charge in [-0.15, -0.1) is 0 Å². The molecule has 1 fully saturated rings. The fourth-order valence-electron chi connectivity index (χ4n) is 2.34. The molecule has 0 amide bonds. The Morgan fingerprint density at radius 2 is 2.21 bits per heavy atom. The van der Waals surface area contributed by atoms with Gasteiger partial charge in [-0.05, 0) is 31.6 Å².